The summed E-state index contributed by atoms with van der Waals surface area (Å²) in [5, 5.41) is 0. The molecule has 0 heterocycles. The molecule has 0 amide bonds. The third kappa shape index (κ3) is 13.9. The molecule has 5 atom stereocenters. The molecule has 0 bridgehead atoms. The average molecular weight is 1060 g/mol. The van der Waals surface area contributed by atoms with Crippen molar-refractivity contribution in [1.82, 2.24) is 0 Å². The van der Waals surface area contributed by atoms with Crippen LogP contribution in [-0.4, -0.2) is 114 Å². The maximum atomic E-state index is 14.4. The van der Waals surface area contributed by atoms with Crippen molar-refractivity contribution in [2.75, 3.05) is 4.43 Å². The molecular formula is C20H9F32IO5. The van der Waals surface area contributed by atoms with Crippen LogP contribution in [0.5, 0.6) is 0 Å². The highest BCUT2D eigenvalue weighted by atomic mass is 127. The molecule has 0 saturated carbocycles. The van der Waals surface area contributed by atoms with Crippen LogP contribution in [0.2, 0.25) is 0 Å². The minimum absolute atomic E-state index is 0.766. The second kappa shape index (κ2) is 16.9. The summed E-state index contributed by atoms with van der Waals surface area (Å²) in [6.07, 6.45) is -121. The molecule has 0 radical (unpaired) electrons. The van der Waals surface area contributed by atoms with E-state index in [1.165, 1.54) is 4.74 Å². The number of ether oxygens (including phenoxy) is 5. The minimum Gasteiger partial charge on any atom is -0.299 e. The largest absolute Gasteiger partial charge is 0.462 e. The lowest BCUT2D eigenvalue weighted by Gasteiger charge is -2.39. The van der Waals surface area contributed by atoms with Gasteiger partial charge in [-0.3, -0.25) is 23.7 Å². The summed E-state index contributed by atoms with van der Waals surface area (Å²) in [5.74, 6) is -13.9. The Morgan fingerprint density at radius 1 is 0.310 bits per heavy atom. The molecule has 0 N–H and O–H groups in total. The Morgan fingerprint density at radius 3 is 0.707 bits per heavy atom. The van der Waals surface area contributed by atoms with Crippen LogP contribution in [0.1, 0.15) is 6.42 Å². The summed E-state index contributed by atoms with van der Waals surface area (Å²) >= 11 is 0.766. The highest BCUT2D eigenvalue weighted by molar-refractivity contribution is 14.1. The first-order valence-electron chi connectivity index (χ1n) is 12.8. The van der Waals surface area contributed by atoms with Gasteiger partial charge < -0.3 is 0 Å². The lowest BCUT2D eigenvalue weighted by atomic mass is 10.1. The van der Waals surface area contributed by atoms with Gasteiger partial charge in [0, 0.05) is 10.8 Å². The Labute approximate surface area is 308 Å². The number of hydrogen-bond acceptors (Lipinski definition) is 5. The van der Waals surface area contributed by atoms with Gasteiger partial charge in [-0.15, -0.1) is 0 Å². The summed E-state index contributed by atoms with van der Waals surface area (Å²) in [6, 6.07) is 0. The van der Waals surface area contributed by atoms with Crippen LogP contribution in [-0.2, 0) is 23.7 Å². The standard InChI is InChI=1S/C20H9F32IO5/c21-8(22,1-2-53)3(9(23,24)25)54-14(38,39)4(10(26,27)28)55-15(40,41)5(11(29,30)31)56-16(42,43)6(12(32,33)34)57-17(44,45)7(13(35,36)37)58-20(51,52)18(46,47)19(48,49)50/h3-7H,1-2H2. The Kier molecular flexibility index (Phi) is 16.4. The number of hydrogen-bond donors (Lipinski definition) is 0. The maximum Gasteiger partial charge on any atom is 0.462 e. The van der Waals surface area contributed by atoms with E-state index in [0.717, 1.165) is 22.6 Å². The molecule has 58 heavy (non-hydrogen) atoms. The fourth-order valence-corrected chi connectivity index (χ4v) is 3.94. The molecule has 0 aromatic carbocycles. The SMILES string of the molecule is FC(F)(F)C(OC(F)(F)C(OC(F)(F)C(OC(F)(F)C(OC(F)(F)C(OC(F)(F)C(F)(F)C(F)(F)F)C(F)(F)F)C(F)(F)F)C(F)(F)F)C(F)(F)F)C(F)(F)CCI. The first kappa shape index (κ1) is 56.3. The van der Waals surface area contributed by atoms with Crippen molar-refractivity contribution in [3.8, 4) is 0 Å². The van der Waals surface area contributed by atoms with Crippen molar-refractivity contribution in [1.29, 1.82) is 0 Å². The topological polar surface area (TPSA) is 46.2 Å². The fourth-order valence-electron chi connectivity index (χ4n) is 3.22. The summed E-state index contributed by atoms with van der Waals surface area (Å²) in [4.78, 5) is 0. The van der Waals surface area contributed by atoms with Crippen LogP contribution < -0.4 is 0 Å². The third-order valence-corrected chi connectivity index (χ3v) is 6.15. The van der Waals surface area contributed by atoms with E-state index in [0.29, 0.717) is 0 Å². The maximum absolute atomic E-state index is 14.4. The van der Waals surface area contributed by atoms with Crippen molar-refractivity contribution in [3.05, 3.63) is 0 Å². The summed E-state index contributed by atoms with van der Waals surface area (Å²) < 4.78 is 436. The van der Waals surface area contributed by atoms with E-state index in [-0.39, 0.29) is 0 Å². The first-order chi connectivity index (χ1) is 24.8. The molecule has 0 aromatic rings. The second-order valence-electron chi connectivity index (χ2n) is 10.2. The van der Waals surface area contributed by atoms with E-state index in [1.807, 2.05) is 4.74 Å². The highest BCUT2D eigenvalue weighted by Crippen LogP contribution is 2.53. The molecule has 0 fully saturated rings. The van der Waals surface area contributed by atoms with E-state index < -0.39 is 121 Å². The monoisotopic (exact) mass is 1060 g/mol. The fraction of sp³-hybridized carbons (Fsp3) is 1.00. The predicted molar refractivity (Wildman–Crippen MR) is 119 cm³/mol. The van der Waals surface area contributed by atoms with Gasteiger partial charge in [-0.2, -0.15) is 132 Å². The lowest BCUT2D eigenvalue weighted by molar-refractivity contribution is -0.503. The van der Waals surface area contributed by atoms with Crippen molar-refractivity contribution in [2.24, 2.45) is 0 Å². The smallest absolute Gasteiger partial charge is 0.299 e. The van der Waals surface area contributed by atoms with Gasteiger partial charge in [-0.1, -0.05) is 22.6 Å². The molecule has 5 nitrogen and oxygen atoms in total. The quantitative estimate of drug-likeness (QED) is 0.0778. The highest BCUT2D eigenvalue weighted by Gasteiger charge is 2.79. The third-order valence-electron chi connectivity index (χ3n) is 5.61. The summed E-state index contributed by atoms with van der Waals surface area (Å²) in [5.41, 5.74) is 0. The Bertz CT molecular complexity index is 1330. The first-order valence-corrected chi connectivity index (χ1v) is 14.3. The van der Waals surface area contributed by atoms with E-state index in [9.17, 15) is 140 Å². The van der Waals surface area contributed by atoms with E-state index in [1.54, 1.807) is 9.47 Å². The van der Waals surface area contributed by atoms with Gasteiger partial charge in [-0.05, 0) is 0 Å². The van der Waals surface area contributed by atoms with Crippen molar-refractivity contribution in [2.45, 2.75) is 116 Å². The molecule has 0 aromatic heterocycles. The van der Waals surface area contributed by atoms with Crippen LogP contribution in [0, 0.1) is 0 Å². The van der Waals surface area contributed by atoms with E-state index in [4.69, 9.17) is 0 Å². The number of alkyl halides is 33. The number of halogens is 33. The molecular weight excluding hydrogens is 1060 g/mol. The molecule has 0 rings (SSSR count). The molecule has 0 aliphatic heterocycles. The van der Waals surface area contributed by atoms with Crippen molar-refractivity contribution < 1.29 is 164 Å². The molecule has 0 saturated heterocycles. The Hall–Kier alpha value is -1.71. The van der Waals surface area contributed by atoms with Crippen molar-refractivity contribution >= 4 is 22.6 Å². The molecule has 0 spiro atoms. The van der Waals surface area contributed by atoms with Gasteiger partial charge in [0.2, 0.25) is 30.5 Å². The Morgan fingerprint density at radius 2 is 0.517 bits per heavy atom. The normalized spacial score (nSPS) is 18.6. The van der Waals surface area contributed by atoms with E-state index in [2.05, 4.69) is 4.74 Å². The van der Waals surface area contributed by atoms with Crippen molar-refractivity contribution in [3.63, 3.8) is 0 Å². The molecule has 0 aliphatic rings. The lowest BCUT2D eigenvalue weighted by Crippen LogP contribution is -2.63. The zero-order chi connectivity index (χ0) is 47.3. The molecule has 38 heteroatoms. The predicted octanol–water partition coefficient (Wildman–Crippen LogP) is 11.3. The number of rotatable bonds is 18. The van der Waals surface area contributed by atoms with Gasteiger partial charge in [0.1, 0.15) is 0 Å². The Balaban J connectivity index is 7.34. The molecule has 0 aliphatic carbocycles. The molecule has 350 valence electrons. The van der Waals surface area contributed by atoms with E-state index >= 15 is 0 Å². The summed E-state index contributed by atoms with van der Waals surface area (Å²) in [6.45, 7) is 0. The van der Waals surface area contributed by atoms with Crippen LogP contribution in [0.3, 0.4) is 0 Å². The second-order valence-corrected chi connectivity index (χ2v) is 11.3. The summed E-state index contributed by atoms with van der Waals surface area (Å²) in [7, 11) is 0. The zero-order valence-electron chi connectivity index (χ0n) is 25.3. The van der Waals surface area contributed by atoms with Gasteiger partial charge in [0.05, 0.1) is 0 Å². The zero-order valence-corrected chi connectivity index (χ0v) is 27.5. The minimum atomic E-state index is -8.13. The van der Waals surface area contributed by atoms with Gasteiger partial charge in [0.15, 0.2) is 0 Å². The van der Waals surface area contributed by atoms with Crippen LogP contribution in [0.25, 0.3) is 0 Å². The van der Waals surface area contributed by atoms with Crippen LogP contribution in [0.15, 0.2) is 0 Å². The van der Waals surface area contributed by atoms with Gasteiger partial charge in [0.25, 0.3) is 5.92 Å². The molecule has 5 unspecified atom stereocenters. The van der Waals surface area contributed by atoms with Gasteiger partial charge >= 0.3 is 73.5 Å². The average Bonchev–Trinajstić information content (AvgIpc) is 2.91. The van der Waals surface area contributed by atoms with Gasteiger partial charge in [-0.25, -0.2) is 8.78 Å². The van der Waals surface area contributed by atoms with Crippen LogP contribution in [0.4, 0.5) is 140 Å². The van der Waals surface area contributed by atoms with Crippen LogP contribution >= 0.6 is 22.6 Å².